The van der Waals surface area contributed by atoms with E-state index in [1.165, 1.54) is 0 Å². The molecule has 5 heteroatoms. The number of nitrogens with zero attached hydrogens (tertiary/aromatic N) is 2. The smallest absolute Gasteiger partial charge is 0.255 e. The predicted octanol–water partition coefficient (Wildman–Crippen LogP) is 1.28. The fraction of sp³-hybridized carbons (Fsp3) is 0.455. The van der Waals surface area contributed by atoms with Crippen molar-refractivity contribution >= 4 is 28.5 Å². The Hall–Kier alpha value is -0.690. The Morgan fingerprint density at radius 2 is 2.31 bits per heavy atom. The number of rotatable bonds is 4. The van der Waals surface area contributed by atoms with E-state index in [-0.39, 0.29) is 12.5 Å². The summed E-state index contributed by atoms with van der Waals surface area (Å²) in [6, 6.07) is 2.14. The number of carbonyl (C=O) groups is 1. The van der Waals surface area contributed by atoms with Crippen molar-refractivity contribution in [1.29, 1.82) is 0 Å². The summed E-state index contributed by atoms with van der Waals surface area (Å²) in [7, 11) is 0. The van der Waals surface area contributed by atoms with Crippen LogP contribution in [0, 0.1) is 3.57 Å². The summed E-state index contributed by atoms with van der Waals surface area (Å²) in [5, 5.41) is 8.95. The Balaban J connectivity index is 2.15. The van der Waals surface area contributed by atoms with E-state index in [9.17, 15) is 4.79 Å². The Kier molecular flexibility index (Phi) is 3.75. The van der Waals surface area contributed by atoms with Gasteiger partial charge in [-0.2, -0.15) is 0 Å². The first-order chi connectivity index (χ1) is 7.72. The molecule has 4 nitrogen and oxygen atoms in total. The van der Waals surface area contributed by atoms with Crippen LogP contribution in [0.1, 0.15) is 23.2 Å². The molecular weight excluding hydrogens is 319 g/mol. The molecule has 0 atom stereocenters. The molecular formula is C11H13IN2O2. The zero-order chi connectivity index (χ0) is 11.5. The van der Waals surface area contributed by atoms with Gasteiger partial charge in [-0.25, -0.2) is 0 Å². The summed E-state index contributed by atoms with van der Waals surface area (Å²) in [5.41, 5.74) is 0.604. The van der Waals surface area contributed by atoms with Gasteiger partial charge in [0.25, 0.3) is 5.91 Å². The zero-order valence-electron chi connectivity index (χ0n) is 8.77. The van der Waals surface area contributed by atoms with Crippen LogP contribution >= 0.6 is 22.6 Å². The van der Waals surface area contributed by atoms with Gasteiger partial charge in [0.1, 0.15) is 0 Å². The molecule has 1 aliphatic carbocycles. The SMILES string of the molecule is O=C(c1cncc(I)c1)N(CCO)C1CC1. The van der Waals surface area contributed by atoms with Crippen molar-refractivity contribution in [2.45, 2.75) is 18.9 Å². The van der Waals surface area contributed by atoms with Gasteiger partial charge < -0.3 is 10.0 Å². The molecule has 16 heavy (non-hydrogen) atoms. The van der Waals surface area contributed by atoms with Gasteiger partial charge >= 0.3 is 0 Å². The summed E-state index contributed by atoms with van der Waals surface area (Å²) in [6.07, 6.45) is 5.38. The van der Waals surface area contributed by atoms with Crippen molar-refractivity contribution in [2.75, 3.05) is 13.2 Å². The van der Waals surface area contributed by atoms with E-state index in [1.54, 1.807) is 17.3 Å². The van der Waals surface area contributed by atoms with Crippen LogP contribution in [0.15, 0.2) is 18.5 Å². The third-order valence-corrected chi connectivity index (χ3v) is 3.13. The van der Waals surface area contributed by atoms with Crippen molar-refractivity contribution in [3.8, 4) is 0 Å². The van der Waals surface area contributed by atoms with E-state index in [4.69, 9.17) is 5.11 Å². The summed E-state index contributed by atoms with van der Waals surface area (Å²) >= 11 is 2.13. The van der Waals surface area contributed by atoms with E-state index in [1.807, 2.05) is 6.07 Å². The van der Waals surface area contributed by atoms with Crippen LogP contribution in [-0.4, -0.2) is 40.1 Å². The molecule has 1 aromatic rings. The van der Waals surface area contributed by atoms with Crippen LogP contribution in [0.2, 0.25) is 0 Å². The quantitative estimate of drug-likeness (QED) is 0.846. The number of amides is 1. The number of hydrogen-bond donors (Lipinski definition) is 1. The van der Waals surface area contributed by atoms with Gasteiger partial charge in [-0.05, 0) is 41.5 Å². The van der Waals surface area contributed by atoms with E-state index in [0.717, 1.165) is 16.4 Å². The number of hydrogen-bond acceptors (Lipinski definition) is 3. The number of carbonyl (C=O) groups excluding carboxylic acids is 1. The maximum atomic E-state index is 12.1. The molecule has 0 aromatic carbocycles. The molecule has 0 bridgehead atoms. The molecule has 1 aromatic heterocycles. The number of aliphatic hydroxyl groups excluding tert-OH is 1. The number of aliphatic hydroxyl groups is 1. The van der Waals surface area contributed by atoms with Crippen molar-refractivity contribution in [3.05, 3.63) is 27.6 Å². The van der Waals surface area contributed by atoms with Gasteiger partial charge in [0.15, 0.2) is 0 Å². The Labute approximate surface area is 108 Å². The van der Waals surface area contributed by atoms with Crippen LogP contribution in [0.3, 0.4) is 0 Å². The fourth-order valence-electron chi connectivity index (χ4n) is 1.64. The van der Waals surface area contributed by atoms with Crippen LogP contribution in [0.25, 0.3) is 0 Å². The Morgan fingerprint density at radius 3 is 2.88 bits per heavy atom. The van der Waals surface area contributed by atoms with Crippen molar-refractivity contribution in [3.63, 3.8) is 0 Å². The van der Waals surface area contributed by atoms with Crippen LogP contribution in [0.4, 0.5) is 0 Å². The lowest BCUT2D eigenvalue weighted by Gasteiger charge is -2.21. The lowest BCUT2D eigenvalue weighted by molar-refractivity contribution is 0.0707. The molecule has 0 spiro atoms. The molecule has 0 saturated heterocycles. The monoisotopic (exact) mass is 332 g/mol. The highest BCUT2D eigenvalue weighted by atomic mass is 127. The van der Waals surface area contributed by atoms with Gasteiger partial charge in [0.2, 0.25) is 0 Å². The van der Waals surface area contributed by atoms with Crippen molar-refractivity contribution in [1.82, 2.24) is 9.88 Å². The third kappa shape index (κ3) is 2.70. The minimum atomic E-state index is -0.0254. The maximum absolute atomic E-state index is 12.1. The highest BCUT2D eigenvalue weighted by Gasteiger charge is 2.32. The molecule has 86 valence electrons. The first-order valence-corrected chi connectivity index (χ1v) is 6.32. The lowest BCUT2D eigenvalue weighted by Crippen LogP contribution is -2.35. The average molecular weight is 332 g/mol. The summed E-state index contributed by atoms with van der Waals surface area (Å²) in [4.78, 5) is 17.9. The van der Waals surface area contributed by atoms with Crippen molar-refractivity contribution in [2.24, 2.45) is 0 Å². The van der Waals surface area contributed by atoms with Crippen LogP contribution in [0.5, 0.6) is 0 Å². The molecule has 1 aliphatic rings. The molecule has 1 amide bonds. The van der Waals surface area contributed by atoms with Crippen molar-refractivity contribution < 1.29 is 9.90 Å². The van der Waals surface area contributed by atoms with Gasteiger partial charge in [0.05, 0.1) is 12.2 Å². The standard InChI is InChI=1S/C11H13IN2O2/c12-9-5-8(6-13-7-9)11(16)14(3-4-15)10-1-2-10/h5-7,10,15H,1-4H2. The van der Waals surface area contributed by atoms with E-state index >= 15 is 0 Å². The first-order valence-electron chi connectivity index (χ1n) is 5.24. The summed E-state index contributed by atoms with van der Waals surface area (Å²) in [6.45, 7) is 0.425. The van der Waals surface area contributed by atoms with Crippen LogP contribution in [-0.2, 0) is 0 Å². The number of pyridine rings is 1. The summed E-state index contributed by atoms with van der Waals surface area (Å²) < 4.78 is 0.947. The average Bonchev–Trinajstić information content (AvgIpc) is 3.09. The Morgan fingerprint density at radius 1 is 1.56 bits per heavy atom. The lowest BCUT2D eigenvalue weighted by atomic mass is 10.2. The van der Waals surface area contributed by atoms with E-state index < -0.39 is 0 Å². The van der Waals surface area contributed by atoms with Gasteiger partial charge in [-0.15, -0.1) is 0 Å². The van der Waals surface area contributed by atoms with Crippen LogP contribution < -0.4 is 0 Å². The third-order valence-electron chi connectivity index (χ3n) is 2.54. The van der Waals surface area contributed by atoms with Gasteiger partial charge in [-0.1, -0.05) is 0 Å². The second-order valence-corrected chi connectivity index (χ2v) is 5.09. The highest BCUT2D eigenvalue weighted by Crippen LogP contribution is 2.27. The van der Waals surface area contributed by atoms with E-state index in [0.29, 0.717) is 18.2 Å². The molecule has 1 N–H and O–H groups in total. The molecule has 0 radical (unpaired) electrons. The Bertz CT molecular complexity index is 393. The molecule has 0 aliphatic heterocycles. The molecule has 1 heterocycles. The van der Waals surface area contributed by atoms with Gasteiger partial charge in [0, 0.05) is 28.6 Å². The molecule has 1 saturated carbocycles. The fourth-order valence-corrected chi connectivity index (χ4v) is 2.13. The molecule has 2 rings (SSSR count). The topological polar surface area (TPSA) is 53.4 Å². The first kappa shape index (κ1) is 11.8. The summed E-state index contributed by atoms with van der Waals surface area (Å²) in [5.74, 6) is -0.0254. The largest absolute Gasteiger partial charge is 0.395 e. The molecule has 0 unspecified atom stereocenters. The number of aromatic nitrogens is 1. The number of halogens is 1. The highest BCUT2D eigenvalue weighted by molar-refractivity contribution is 14.1. The minimum absolute atomic E-state index is 0.0135. The maximum Gasteiger partial charge on any atom is 0.255 e. The molecule has 1 fully saturated rings. The second-order valence-electron chi connectivity index (χ2n) is 3.85. The normalized spacial score (nSPS) is 14.9. The van der Waals surface area contributed by atoms with E-state index in [2.05, 4.69) is 27.6 Å². The van der Waals surface area contributed by atoms with Gasteiger partial charge in [-0.3, -0.25) is 9.78 Å². The predicted molar refractivity (Wildman–Crippen MR) is 68.1 cm³/mol. The minimum Gasteiger partial charge on any atom is -0.395 e. The second kappa shape index (κ2) is 5.09. The zero-order valence-corrected chi connectivity index (χ0v) is 10.9.